The summed E-state index contributed by atoms with van der Waals surface area (Å²) >= 11 is 0. The van der Waals surface area contributed by atoms with Crippen LogP contribution >= 0.6 is 0 Å². The molecule has 0 aromatic heterocycles. The normalized spacial score (nSPS) is 15.2. The van der Waals surface area contributed by atoms with Crippen LogP contribution in [0.2, 0.25) is 0 Å². The molecule has 3 heteroatoms. The molecule has 0 aliphatic carbocycles. The van der Waals surface area contributed by atoms with Gasteiger partial charge in [0.15, 0.2) is 0 Å². The Morgan fingerprint density at radius 3 is 1.58 bits per heavy atom. The Kier molecular flexibility index (Phi) is 15.6. The number of hydrogen-bond acceptors (Lipinski definition) is 2. The summed E-state index contributed by atoms with van der Waals surface area (Å²) in [4.78, 5) is 10.4. The largest absolute Gasteiger partial charge is 0.481 e. The minimum Gasteiger partial charge on any atom is -0.481 e. The molecule has 0 aromatic rings. The van der Waals surface area contributed by atoms with E-state index in [2.05, 4.69) is 20.8 Å². The van der Waals surface area contributed by atoms with Gasteiger partial charge in [0.25, 0.3) is 0 Å². The lowest BCUT2D eigenvalue weighted by Gasteiger charge is -2.12. The second-order valence-electron chi connectivity index (χ2n) is 7.85. The maximum absolute atomic E-state index is 10.4. The van der Waals surface area contributed by atoms with E-state index in [0.717, 1.165) is 24.7 Å². The summed E-state index contributed by atoms with van der Waals surface area (Å²) in [5, 5.41) is 18.1. The average Bonchev–Trinajstić information content (AvgIpc) is 2.52. The second kappa shape index (κ2) is 15.9. The molecule has 0 radical (unpaired) electrons. The van der Waals surface area contributed by atoms with E-state index < -0.39 is 12.1 Å². The Labute approximate surface area is 150 Å². The number of rotatable bonds is 17. The zero-order chi connectivity index (χ0) is 18.2. The first-order valence-corrected chi connectivity index (χ1v) is 10.4. The smallest absolute Gasteiger partial charge is 0.305 e. The van der Waals surface area contributed by atoms with Crippen LogP contribution in [-0.4, -0.2) is 22.3 Å². The monoisotopic (exact) mass is 342 g/mol. The molecule has 24 heavy (non-hydrogen) atoms. The molecule has 3 atom stereocenters. The van der Waals surface area contributed by atoms with Gasteiger partial charge in [-0.25, -0.2) is 0 Å². The van der Waals surface area contributed by atoms with E-state index in [9.17, 15) is 9.90 Å². The van der Waals surface area contributed by atoms with E-state index in [1.54, 1.807) is 0 Å². The molecule has 3 nitrogen and oxygen atoms in total. The summed E-state index contributed by atoms with van der Waals surface area (Å²) in [6.45, 7) is 7.01. The summed E-state index contributed by atoms with van der Waals surface area (Å²) in [7, 11) is 0. The Morgan fingerprint density at radius 1 is 0.750 bits per heavy atom. The van der Waals surface area contributed by atoms with Crippen molar-refractivity contribution < 1.29 is 15.0 Å². The zero-order valence-corrected chi connectivity index (χ0v) is 16.4. The zero-order valence-electron chi connectivity index (χ0n) is 16.4. The van der Waals surface area contributed by atoms with Crippen LogP contribution in [-0.2, 0) is 4.79 Å². The minimum atomic E-state index is -0.906. The van der Waals surface area contributed by atoms with Crippen LogP contribution < -0.4 is 0 Å². The van der Waals surface area contributed by atoms with Crippen LogP contribution in [0.3, 0.4) is 0 Å². The fourth-order valence-corrected chi connectivity index (χ4v) is 3.22. The number of aliphatic hydroxyl groups excluding tert-OH is 1. The van der Waals surface area contributed by atoms with Crippen LogP contribution in [0.5, 0.6) is 0 Å². The van der Waals surface area contributed by atoms with E-state index in [1.807, 2.05) is 0 Å². The highest BCUT2D eigenvalue weighted by Gasteiger charge is 2.08. The maximum atomic E-state index is 10.4. The first-order valence-electron chi connectivity index (χ1n) is 10.4. The minimum absolute atomic E-state index is 0.117. The van der Waals surface area contributed by atoms with E-state index in [4.69, 9.17) is 5.11 Å². The number of unbranched alkanes of at least 4 members (excludes halogenated alkanes) is 6. The van der Waals surface area contributed by atoms with Crippen molar-refractivity contribution in [3.63, 3.8) is 0 Å². The van der Waals surface area contributed by atoms with E-state index in [0.29, 0.717) is 6.42 Å². The van der Waals surface area contributed by atoms with Gasteiger partial charge in [-0.15, -0.1) is 0 Å². The first kappa shape index (κ1) is 23.4. The molecule has 0 heterocycles. The van der Waals surface area contributed by atoms with Gasteiger partial charge in [0.1, 0.15) is 0 Å². The van der Waals surface area contributed by atoms with Gasteiger partial charge < -0.3 is 10.2 Å². The lowest BCUT2D eigenvalue weighted by Crippen LogP contribution is -2.12. The van der Waals surface area contributed by atoms with Crippen molar-refractivity contribution in [1.82, 2.24) is 0 Å². The lowest BCUT2D eigenvalue weighted by atomic mass is 9.95. The summed E-state index contributed by atoms with van der Waals surface area (Å²) in [5.74, 6) is 0.822. The quantitative estimate of drug-likeness (QED) is 0.310. The summed E-state index contributed by atoms with van der Waals surface area (Å²) < 4.78 is 0. The molecule has 0 fully saturated rings. The molecule has 0 saturated heterocycles. The lowest BCUT2D eigenvalue weighted by molar-refractivity contribution is -0.139. The fourth-order valence-electron chi connectivity index (χ4n) is 3.22. The van der Waals surface area contributed by atoms with Crippen molar-refractivity contribution in [2.45, 2.75) is 117 Å². The molecule has 0 aliphatic heterocycles. The molecule has 0 aromatic carbocycles. The van der Waals surface area contributed by atoms with Gasteiger partial charge in [0.2, 0.25) is 0 Å². The Morgan fingerprint density at radius 2 is 1.17 bits per heavy atom. The van der Waals surface area contributed by atoms with Gasteiger partial charge in [-0.05, 0) is 18.3 Å². The maximum Gasteiger partial charge on any atom is 0.305 e. The molecule has 0 aliphatic rings. The van der Waals surface area contributed by atoms with E-state index in [1.165, 1.54) is 64.2 Å². The first-order chi connectivity index (χ1) is 11.5. The molecule has 0 rings (SSSR count). The van der Waals surface area contributed by atoms with Crippen LogP contribution in [0, 0.1) is 11.8 Å². The van der Waals surface area contributed by atoms with Crippen LogP contribution in [0.15, 0.2) is 0 Å². The van der Waals surface area contributed by atoms with Gasteiger partial charge in [-0.2, -0.15) is 0 Å². The van der Waals surface area contributed by atoms with Crippen LogP contribution in [0.25, 0.3) is 0 Å². The van der Waals surface area contributed by atoms with Gasteiger partial charge in [0, 0.05) is 0 Å². The molecule has 0 amide bonds. The number of carbonyl (C=O) groups is 1. The molecule has 0 bridgehead atoms. The Bertz CT molecular complexity index is 291. The number of aliphatic carboxylic acids is 1. The van der Waals surface area contributed by atoms with Crippen molar-refractivity contribution in [3.8, 4) is 0 Å². The molecule has 0 saturated carbocycles. The third-order valence-corrected chi connectivity index (χ3v) is 5.24. The second-order valence-corrected chi connectivity index (χ2v) is 7.85. The third-order valence-electron chi connectivity index (χ3n) is 5.24. The van der Waals surface area contributed by atoms with Crippen LogP contribution in [0.4, 0.5) is 0 Å². The van der Waals surface area contributed by atoms with Crippen molar-refractivity contribution in [2.24, 2.45) is 11.8 Å². The summed E-state index contributed by atoms with van der Waals surface area (Å²) in [6, 6.07) is 0. The molecule has 0 spiro atoms. The molecule has 144 valence electrons. The van der Waals surface area contributed by atoms with Gasteiger partial charge in [0.05, 0.1) is 12.5 Å². The number of carboxylic acids is 1. The molecule has 2 N–H and O–H groups in total. The molecule has 3 unspecified atom stereocenters. The third kappa shape index (κ3) is 16.3. The highest BCUT2D eigenvalue weighted by molar-refractivity contribution is 5.67. The molecular formula is C21H42O3. The van der Waals surface area contributed by atoms with Crippen molar-refractivity contribution in [1.29, 1.82) is 0 Å². The highest BCUT2D eigenvalue weighted by Crippen LogP contribution is 2.19. The average molecular weight is 343 g/mol. The van der Waals surface area contributed by atoms with Gasteiger partial charge in [-0.3, -0.25) is 4.79 Å². The summed E-state index contributed by atoms with van der Waals surface area (Å²) in [5.41, 5.74) is 0. The molecular weight excluding hydrogens is 300 g/mol. The highest BCUT2D eigenvalue weighted by atomic mass is 16.4. The SMILES string of the molecule is CCC(C)CCCCCCC(C)CCCCCCC(O)CC(=O)O. The fraction of sp³-hybridized carbons (Fsp3) is 0.952. The topological polar surface area (TPSA) is 57.5 Å². The number of carboxylic acid groups (broad SMARTS) is 1. The van der Waals surface area contributed by atoms with E-state index in [-0.39, 0.29) is 6.42 Å². The van der Waals surface area contributed by atoms with Gasteiger partial charge in [-0.1, -0.05) is 97.8 Å². The van der Waals surface area contributed by atoms with Crippen molar-refractivity contribution in [3.05, 3.63) is 0 Å². The Balaban J connectivity index is 3.32. The van der Waals surface area contributed by atoms with E-state index >= 15 is 0 Å². The van der Waals surface area contributed by atoms with Crippen molar-refractivity contribution >= 4 is 5.97 Å². The predicted molar refractivity (Wildman–Crippen MR) is 102 cm³/mol. The Hall–Kier alpha value is -0.570. The number of aliphatic hydroxyl groups is 1. The predicted octanol–water partition coefficient (Wildman–Crippen LogP) is 6.19. The van der Waals surface area contributed by atoms with Crippen LogP contribution in [0.1, 0.15) is 111 Å². The summed E-state index contributed by atoms with van der Waals surface area (Å²) in [6.07, 6.45) is 15.3. The number of hydrogen-bond donors (Lipinski definition) is 2. The standard InChI is InChI=1S/C21H42O3/c1-4-18(2)13-9-5-6-10-14-19(3)15-11-7-8-12-16-20(22)17-21(23)24/h18-20,22H,4-17H2,1-3H3,(H,23,24). The van der Waals surface area contributed by atoms with Crippen molar-refractivity contribution in [2.75, 3.05) is 0 Å². The van der Waals surface area contributed by atoms with Gasteiger partial charge >= 0.3 is 5.97 Å².